The average Bonchev–Trinajstić information content (AvgIpc) is 2.63. The van der Waals surface area contributed by atoms with Gasteiger partial charge in [-0.3, -0.25) is 19.7 Å². The summed E-state index contributed by atoms with van der Waals surface area (Å²) in [6.45, 7) is -0.0220. The normalized spacial score (nSPS) is 10.7. The first-order chi connectivity index (χ1) is 12.5. The first-order valence-electron chi connectivity index (χ1n) is 7.52. The van der Waals surface area contributed by atoms with Crippen molar-refractivity contribution in [1.29, 1.82) is 0 Å². The van der Waals surface area contributed by atoms with E-state index < -0.39 is 22.3 Å². The summed E-state index contributed by atoms with van der Waals surface area (Å²) in [6, 6.07) is 9.73. The van der Waals surface area contributed by atoms with E-state index >= 15 is 0 Å². The molecular formula is C16H12FN5O4. The minimum Gasteiger partial charge on any atom is -0.326 e. The standard InChI is InChI=1S/C16H12FN5O4/c17-12-6-5-10(9-14(12)22(25)26)18-15(23)7-8-21-16(24)11-3-1-2-4-13(11)19-20-21/h1-6,9H,7-8H2,(H,18,23). The monoisotopic (exact) mass is 357 g/mol. The number of carbonyl (C=O) groups excluding carboxylic acids is 1. The SMILES string of the molecule is O=C(CCn1nnc2ccccc2c1=O)Nc1ccc(F)c([N+](=O)[O-])c1. The third-order valence-electron chi connectivity index (χ3n) is 3.61. The Labute approximate surface area is 145 Å². The number of nitro groups is 1. The molecule has 0 fully saturated rings. The molecule has 132 valence electrons. The number of aromatic nitrogens is 3. The van der Waals surface area contributed by atoms with E-state index in [1.165, 1.54) is 6.07 Å². The van der Waals surface area contributed by atoms with Gasteiger partial charge in [0.05, 0.1) is 16.9 Å². The number of benzene rings is 2. The third kappa shape index (κ3) is 3.53. The van der Waals surface area contributed by atoms with Gasteiger partial charge in [-0.05, 0) is 24.3 Å². The van der Waals surface area contributed by atoms with Crippen LogP contribution in [0.4, 0.5) is 15.8 Å². The number of aryl methyl sites for hydroxylation is 1. The Kier molecular flexibility index (Phi) is 4.65. The van der Waals surface area contributed by atoms with E-state index in [9.17, 15) is 24.1 Å². The molecule has 1 amide bonds. The van der Waals surface area contributed by atoms with E-state index in [1.807, 2.05) is 0 Å². The van der Waals surface area contributed by atoms with Crippen LogP contribution < -0.4 is 10.9 Å². The van der Waals surface area contributed by atoms with Gasteiger partial charge in [0.2, 0.25) is 11.7 Å². The van der Waals surface area contributed by atoms with Gasteiger partial charge in [0.15, 0.2) is 0 Å². The molecule has 26 heavy (non-hydrogen) atoms. The van der Waals surface area contributed by atoms with Crippen molar-refractivity contribution in [3.63, 3.8) is 0 Å². The highest BCUT2D eigenvalue weighted by Crippen LogP contribution is 2.21. The molecule has 0 bridgehead atoms. The Hall–Kier alpha value is -3.69. The van der Waals surface area contributed by atoms with E-state index in [4.69, 9.17) is 0 Å². The zero-order chi connectivity index (χ0) is 18.7. The molecule has 9 nitrogen and oxygen atoms in total. The highest BCUT2D eigenvalue weighted by molar-refractivity contribution is 5.91. The van der Waals surface area contributed by atoms with Crippen molar-refractivity contribution in [3.8, 4) is 0 Å². The zero-order valence-corrected chi connectivity index (χ0v) is 13.3. The Balaban J connectivity index is 1.70. The number of rotatable bonds is 5. The Morgan fingerprint density at radius 3 is 2.81 bits per heavy atom. The summed E-state index contributed by atoms with van der Waals surface area (Å²) >= 11 is 0. The molecule has 0 unspecified atom stereocenters. The van der Waals surface area contributed by atoms with Crippen LogP contribution in [0.15, 0.2) is 47.3 Å². The summed E-state index contributed by atoms with van der Waals surface area (Å²) in [4.78, 5) is 34.1. The maximum Gasteiger partial charge on any atom is 0.306 e. The number of hydrogen-bond donors (Lipinski definition) is 1. The molecule has 3 rings (SSSR count). The largest absolute Gasteiger partial charge is 0.326 e. The van der Waals surface area contributed by atoms with Gasteiger partial charge in [0.1, 0.15) is 5.52 Å². The number of hydrogen-bond acceptors (Lipinski definition) is 6. The van der Waals surface area contributed by atoms with Gasteiger partial charge in [-0.2, -0.15) is 4.39 Å². The van der Waals surface area contributed by atoms with Crippen LogP contribution in [0.3, 0.4) is 0 Å². The summed E-state index contributed by atoms with van der Waals surface area (Å²) in [5.74, 6) is -1.50. The number of nitrogens with one attached hydrogen (secondary N) is 1. The summed E-state index contributed by atoms with van der Waals surface area (Å²) in [7, 11) is 0. The highest BCUT2D eigenvalue weighted by atomic mass is 19.1. The molecule has 10 heteroatoms. The van der Waals surface area contributed by atoms with Gasteiger partial charge in [-0.15, -0.1) is 5.10 Å². The van der Waals surface area contributed by atoms with Gasteiger partial charge >= 0.3 is 5.69 Å². The van der Waals surface area contributed by atoms with Crippen LogP contribution in [-0.4, -0.2) is 25.8 Å². The summed E-state index contributed by atoms with van der Waals surface area (Å²) < 4.78 is 14.4. The Bertz CT molecular complexity index is 1070. The zero-order valence-electron chi connectivity index (χ0n) is 13.3. The summed E-state index contributed by atoms with van der Waals surface area (Å²) in [6.07, 6.45) is -0.113. The van der Waals surface area contributed by atoms with E-state index in [0.29, 0.717) is 10.9 Å². The number of nitrogens with zero attached hydrogens (tertiary/aromatic N) is 4. The predicted molar refractivity (Wildman–Crippen MR) is 90.1 cm³/mol. The van der Waals surface area contributed by atoms with Crippen molar-refractivity contribution in [2.45, 2.75) is 13.0 Å². The number of halogens is 1. The lowest BCUT2D eigenvalue weighted by atomic mass is 10.2. The molecule has 0 radical (unpaired) electrons. The van der Waals surface area contributed by atoms with Crippen molar-refractivity contribution in [1.82, 2.24) is 15.0 Å². The average molecular weight is 357 g/mol. The first-order valence-corrected chi connectivity index (χ1v) is 7.52. The lowest BCUT2D eigenvalue weighted by molar-refractivity contribution is -0.387. The third-order valence-corrected chi connectivity index (χ3v) is 3.61. The first kappa shape index (κ1) is 17.1. The van der Waals surface area contributed by atoms with Crippen molar-refractivity contribution in [2.24, 2.45) is 0 Å². The van der Waals surface area contributed by atoms with Crippen LogP contribution in [0.2, 0.25) is 0 Å². The van der Waals surface area contributed by atoms with Crippen LogP contribution in [0.1, 0.15) is 6.42 Å². The molecule has 1 N–H and O–H groups in total. The molecule has 0 spiro atoms. The molecule has 1 aromatic heterocycles. The molecule has 0 aliphatic heterocycles. The number of anilines is 1. The number of nitro benzene ring substituents is 1. The van der Waals surface area contributed by atoms with Crippen LogP contribution in [0, 0.1) is 15.9 Å². The van der Waals surface area contributed by atoms with E-state index in [1.54, 1.807) is 24.3 Å². The molecule has 0 saturated heterocycles. The Morgan fingerprint density at radius 1 is 1.27 bits per heavy atom. The fourth-order valence-corrected chi connectivity index (χ4v) is 2.33. The van der Waals surface area contributed by atoms with Crippen molar-refractivity contribution in [3.05, 3.63) is 68.7 Å². The molecule has 0 saturated carbocycles. The lowest BCUT2D eigenvalue weighted by Gasteiger charge is -2.07. The van der Waals surface area contributed by atoms with Gasteiger partial charge in [-0.25, -0.2) is 4.68 Å². The van der Waals surface area contributed by atoms with Crippen molar-refractivity contribution < 1.29 is 14.1 Å². The van der Waals surface area contributed by atoms with Crippen molar-refractivity contribution in [2.75, 3.05) is 5.32 Å². The fourth-order valence-electron chi connectivity index (χ4n) is 2.33. The summed E-state index contributed by atoms with van der Waals surface area (Å²) in [5, 5.41) is 21.2. The maximum absolute atomic E-state index is 13.3. The van der Waals surface area contributed by atoms with Gasteiger partial charge in [0, 0.05) is 18.2 Å². The highest BCUT2D eigenvalue weighted by Gasteiger charge is 2.15. The van der Waals surface area contributed by atoms with Crippen LogP contribution in [0.25, 0.3) is 10.9 Å². The molecular weight excluding hydrogens is 345 g/mol. The van der Waals surface area contributed by atoms with E-state index in [-0.39, 0.29) is 24.2 Å². The van der Waals surface area contributed by atoms with Crippen LogP contribution >= 0.6 is 0 Å². The predicted octanol–water partition coefficient (Wildman–Crippen LogP) is 1.87. The molecule has 3 aromatic rings. The second-order valence-electron chi connectivity index (χ2n) is 5.36. The Morgan fingerprint density at radius 2 is 2.04 bits per heavy atom. The van der Waals surface area contributed by atoms with E-state index in [2.05, 4.69) is 15.6 Å². The van der Waals surface area contributed by atoms with Crippen LogP contribution in [0.5, 0.6) is 0 Å². The second-order valence-corrected chi connectivity index (χ2v) is 5.36. The van der Waals surface area contributed by atoms with Gasteiger partial charge in [0.25, 0.3) is 5.56 Å². The number of fused-ring (bicyclic) bond motifs is 1. The maximum atomic E-state index is 13.3. The molecule has 0 atom stereocenters. The second kappa shape index (κ2) is 7.05. The minimum atomic E-state index is -0.994. The van der Waals surface area contributed by atoms with E-state index in [0.717, 1.165) is 16.8 Å². The quantitative estimate of drug-likeness (QED) is 0.550. The molecule has 0 aliphatic carbocycles. The topological polar surface area (TPSA) is 120 Å². The molecule has 0 aliphatic rings. The van der Waals surface area contributed by atoms with Crippen LogP contribution in [-0.2, 0) is 11.3 Å². The molecule has 1 heterocycles. The lowest BCUT2D eigenvalue weighted by Crippen LogP contribution is -2.26. The minimum absolute atomic E-state index is 0.0220. The number of carbonyl (C=O) groups is 1. The van der Waals surface area contributed by atoms with Gasteiger partial charge in [-0.1, -0.05) is 17.3 Å². The summed E-state index contributed by atoms with van der Waals surface area (Å²) in [5.41, 5.74) is -0.572. The smallest absolute Gasteiger partial charge is 0.306 e. The molecule has 2 aromatic carbocycles. The van der Waals surface area contributed by atoms with Crippen molar-refractivity contribution >= 4 is 28.2 Å². The van der Waals surface area contributed by atoms with Gasteiger partial charge < -0.3 is 5.32 Å². The fraction of sp³-hybridized carbons (Fsp3) is 0.125. The number of amides is 1.